The van der Waals surface area contributed by atoms with Crippen molar-refractivity contribution in [3.05, 3.63) is 11.5 Å². The zero-order valence-electron chi connectivity index (χ0n) is 4.99. The molecule has 0 saturated heterocycles. The Kier molecular flexibility index (Phi) is 8.69. The fourth-order valence-electron chi connectivity index (χ4n) is 0.196. The largest absolute Gasteiger partial charge is 0.394 e. The molecule has 1 heterocycles. The van der Waals surface area contributed by atoms with Crippen molar-refractivity contribution in [1.82, 2.24) is 0 Å². The molecule has 0 spiro atoms. The summed E-state index contributed by atoms with van der Waals surface area (Å²) in [7, 11) is 3.69. The molecule has 2 nitrogen and oxygen atoms in total. The van der Waals surface area contributed by atoms with Crippen LogP contribution in [0.1, 0.15) is 0 Å². The molecule has 0 aromatic rings. The zero-order valence-corrected chi connectivity index (χ0v) is 6.62. The lowest BCUT2D eigenvalue weighted by Gasteiger charge is -1.70. The molecule has 4 heteroatoms. The summed E-state index contributed by atoms with van der Waals surface area (Å²) in [5.41, 5.74) is 0. The highest BCUT2D eigenvalue weighted by Gasteiger charge is 1.85. The summed E-state index contributed by atoms with van der Waals surface area (Å²) in [5, 5.41) is 17.4. The fraction of sp³-hybridized carbons (Fsp3) is 0.600. The van der Waals surface area contributed by atoms with Crippen LogP contribution < -0.4 is 0 Å². The Morgan fingerprint density at radius 1 is 1.33 bits per heavy atom. The van der Waals surface area contributed by atoms with E-state index >= 15 is 0 Å². The van der Waals surface area contributed by atoms with Crippen LogP contribution in [0.2, 0.25) is 0 Å². The van der Waals surface area contributed by atoms with Gasteiger partial charge in [0.1, 0.15) is 0 Å². The minimum atomic E-state index is -0.125. The van der Waals surface area contributed by atoms with Crippen LogP contribution in [-0.2, 0) is 0 Å². The highest BCUT2D eigenvalue weighted by Crippen LogP contribution is 2.27. The average molecular weight is 166 g/mol. The van der Waals surface area contributed by atoms with E-state index in [0.717, 1.165) is 0 Å². The van der Waals surface area contributed by atoms with Crippen molar-refractivity contribution in [2.75, 3.05) is 19.0 Å². The maximum absolute atomic E-state index is 7.62. The monoisotopic (exact) mass is 166 g/mol. The van der Waals surface area contributed by atoms with Gasteiger partial charge in [-0.2, -0.15) is 0 Å². The van der Waals surface area contributed by atoms with Crippen LogP contribution in [0.15, 0.2) is 11.5 Å². The van der Waals surface area contributed by atoms with Gasteiger partial charge in [-0.25, -0.2) is 0 Å². The second-order valence-electron chi connectivity index (χ2n) is 1.20. The summed E-state index contributed by atoms with van der Waals surface area (Å²) >= 11 is 0. The second kappa shape index (κ2) is 8.36. The number of hydrogen-bond acceptors (Lipinski definition) is 4. The van der Waals surface area contributed by atoms with Crippen molar-refractivity contribution in [1.29, 1.82) is 0 Å². The van der Waals surface area contributed by atoms with Crippen LogP contribution in [0.5, 0.6) is 0 Å². The van der Waals surface area contributed by atoms with E-state index in [1.54, 1.807) is 0 Å². The van der Waals surface area contributed by atoms with Gasteiger partial charge in [0.15, 0.2) is 0 Å². The standard InChI is InChI=1S/C3H4S2.C2H6O2/c1-2-4-5-3-1;3-1-2-4/h1-2H,3H2;3-4H,1-2H2. The molecule has 0 aromatic heterocycles. The summed E-state index contributed by atoms with van der Waals surface area (Å²) in [5.74, 6) is 1.20. The third kappa shape index (κ3) is 8.36. The van der Waals surface area contributed by atoms with Crippen molar-refractivity contribution >= 4 is 21.6 Å². The smallest absolute Gasteiger partial charge is 0.0662 e. The first-order valence-electron chi connectivity index (χ1n) is 2.57. The van der Waals surface area contributed by atoms with E-state index in [9.17, 15) is 0 Å². The molecule has 0 radical (unpaired) electrons. The summed E-state index contributed by atoms with van der Waals surface area (Å²) in [6.07, 6.45) is 2.16. The Balaban J connectivity index is 0.000000148. The van der Waals surface area contributed by atoms with Crippen LogP contribution in [-0.4, -0.2) is 29.2 Å². The second-order valence-corrected chi connectivity index (χ2v) is 3.52. The summed E-state index contributed by atoms with van der Waals surface area (Å²) < 4.78 is 0. The van der Waals surface area contributed by atoms with Gasteiger partial charge in [0.2, 0.25) is 0 Å². The number of hydrogen-bond donors (Lipinski definition) is 2. The molecule has 0 amide bonds. The molecule has 0 atom stereocenters. The Labute approximate surface area is 62.7 Å². The lowest BCUT2D eigenvalue weighted by molar-refractivity contribution is 0.186. The predicted octanol–water partition coefficient (Wildman–Crippen LogP) is 0.866. The van der Waals surface area contributed by atoms with Crippen LogP contribution in [0.3, 0.4) is 0 Å². The van der Waals surface area contributed by atoms with Crippen LogP contribution in [0.25, 0.3) is 0 Å². The van der Waals surface area contributed by atoms with Gasteiger partial charge < -0.3 is 10.2 Å². The average Bonchev–Trinajstić information content (AvgIpc) is 2.43. The molecule has 0 aliphatic carbocycles. The summed E-state index contributed by atoms with van der Waals surface area (Å²) in [6.45, 7) is -0.250. The Morgan fingerprint density at radius 3 is 2.11 bits per heavy atom. The summed E-state index contributed by atoms with van der Waals surface area (Å²) in [6, 6.07) is 0. The number of aliphatic hydroxyl groups is 2. The molecule has 0 unspecified atom stereocenters. The van der Waals surface area contributed by atoms with Crippen molar-refractivity contribution in [2.24, 2.45) is 0 Å². The fourth-order valence-corrected chi connectivity index (χ4v) is 1.77. The molecule has 0 bridgehead atoms. The number of rotatable bonds is 1. The van der Waals surface area contributed by atoms with Crippen molar-refractivity contribution in [3.63, 3.8) is 0 Å². The topological polar surface area (TPSA) is 40.5 Å². The maximum Gasteiger partial charge on any atom is 0.0662 e. The van der Waals surface area contributed by atoms with E-state index in [0.29, 0.717) is 0 Å². The van der Waals surface area contributed by atoms with E-state index in [2.05, 4.69) is 11.5 Å². The van der Waals surface area contributed by atoms with Gasteiger partial charge in [-0.15, -0.1) is 0 Å². The molecule has 1 rings (SSSR count). The van der Waals surface area contributed by atoms with Crippen molar-refractivity contribution < 1.29 is 10.2 Å². The van der Waals surface area contributed by atoms with E-state index in [1.807, 2.05) is 21.6 Å². The molecular weight excluding hydrogens is 156 g/mol. The molecule has 1 aliphatic rings. The molecule has 0 fully saturated rings. The predicted molar refractivity (Wildman–Crippen MR) is 43.4 cm³/mol. The van der Waals surface area contributed by atoms with Gasteiger partial charge in [-0.1, -0.05) is 27.7 Å². The van der Waals surface area contributed by atoms with Crippen molar-refractivity contribution in [2.45, 2.75) is 0 Å². The first-order valence-corrected chi connectivity index (χ1v) is 4.95. The minimum Gasteiger partial charge on any atom is -0.394 e. The maximum atomic E-state index is 7.62. The quantitative estimate of drug-likeness (QED) is 0.567. The summed E-state index contributed by atoms with van der Waals surface area (Å²) in [4.78, 5) is 0. The third-order valence-corrected chi connectivity index (χ3v) is 2.40. The number of aliphatic hydroxyl groups excluding tert-OH is 2. The molecular formula is C5H10O2S2. The van der Waals surface area contributed by atoms with Gasteiger partial charge in [-0.05, 0) is 5.41 Å². The zero-order chi connectivity index (χ0) is 6.95. The van der Waals surface area contributed by atoms with Gasteiger partial charge in [0.25, 0.3) is 0 Å². The van der Waals surface area contributed by atoms with Crippen LogP contribution in [0, 0.1) is 0 Å². The molecule has 2 N–H and O–H groups in total. The van der Waals surface area contributed by atoms with Crippen molar-refractivity contribution in [3.8, 4) is 0 Å². The van der Waals surface area contributed by atoms with E-state index in [4.69, 9.17) is 10.2 Å². The molecule has 9 heavy (non-hydrogen) atoms. The normalized spacial score (nSPS) is 14.9. The molecule has 0 saturated carbocycles. The van der Waals surface area contributed by atoms with E-state index in [-0.39, 0.29) is 13.2 Å². The third-order valence-electron chi connectivity index (χ3n) is 0.484. The Bertz CT molecular complexity index is 67.4. The van der Waals surface area contributed by atoms with E-state index < -0.39 is 0 Å². The van der Waals surface area contributed by atoms with Crippen LogP contribution >= 0.6 is 21.6 Å². The van der Waals surface area contributed by atoms with Gasteiger partial charge >= 0.3 is 0 Å². The van der Waals surface area contributed by atoms with Gasteiger partial charge in [0.05, 0.1) is 13.2 Å². The van der Waals surface area contributed by atoms with Gasteiger partial charge in [0, 0.05) is 5.75 Å². The first-order chi connectivity index (χ1) is 4.41. The molecule has 54 valence electrons. The Morgan fingerprint density at radius 2 is 2.00 bits per heavy atom. The highest BCUT2D eigenvalue weighted by atomic mass is 33.1. The first kappa shape index (κ1) is 9.36. The SMILES string of the molecule is C1=CSSC1.OCCO. The Hall–Kier alpha value is 0.360. The van der Waals surface area contributed by atoms with Gasteiger partial charge in [-0.3, -0.25) is 0 Å². The lowest BCUT2D eigenvalue weighted by Crippen LogP contribution is -1.85. The molecule has 1 aliphatic heterocycles. The molecule has 0 aromatic carbocycles. The highest BCUT2D eigenvalue weighted by molar-refractivity contribution is 8.78. The lowest BCUT2D eigenvalue weighted by atomic mass is 10.8. The van der Waals surface area contributed by atoms with Crippen LogP contribution in [0.4, 0.5) is 0 Å². The minimum absolute atomic E-state index is 0.125. The van der Waals surface area contributed by atoms with E-state index in [1.165, 1.54) is 5.75 Å².